The van der Waals surface area contributed by atoms with Gasteiger partial charge in [-0.15, -0.1) is 0 Å². The number of alkyl halides is 1. The lowest BCUT2D eigenvalue weighted by atomic mass is 10.1. The summed E-state index contributed by atoms with van der Waals surface area (Å²) < 4.78 is 15.3. The fraction of sp³-hybridized carbons (Fsp3) is 0.462. The Morgan fingerprint density at radius 2 is 2.05 bits per heavy atom. The number of ether oxygens (including phenoxy) is 3. The van der Waals surface area contributed by atoms with Gasteiger partial charge in [-0.25, -0.2) is 0 Å². The molecule has 1 atom stereocenters. The molecule has 0 aromatic heterocycles. The van der Waals surface area contributed by atoms with Crippen LogP contribution in [0.4, 0.5) is 0 Å². The summed E-state index contributed by atoms with van der Waals surface area (Å²) in [6.45, 7) is 0.434. The van der Waals surface area contributed by atoms with Crippen LogP contribution in [0.1, 0.15) is 10.4 Å². The Hall–Kier alpha value is -1.27. The van der Waals surface area contributed by atoms with Crippen molar-refractivity contribution in [3.8, 4) is 11.5 Å². The van der Waals surface area contributed by atoms with Gasteiger partial charge in [-0.2, -0.15) is 0 Å². The van der Waals surface area contributed by atoms with Crippen LogP contribution in [0.25, 0.3) is 0 Å². The average molecular weight is 332 g/mol. The zero-order valence-electron chi connectivity index (χ0n) is 11.2. The molecule has 0 fully saturated rings. The molecule has 0 saturated carbocycles. The maximum Gasteiger partial charge on any atom is 0.255 e. The molecule has 0 radical (unpaired) electrons. The van der Waals surface area contributed by atoms with E-state index in [2.05, 4.69) is 21.2 Å². The summed E-state index contributed by atoms with van der Waals surface area (Å²) in [6.07, 6.45) is 0. The van der Waals surface area contributed by atoms with Gasteiger partial charge in [0.15, 0.2) is 0 Å². The van der Waals surface area contributed by atoms with Crippen molar-refractivity contribution in [3.63, 3.8) is 0 Å². The second-order valence-corrected chi connectivity index (χ2v) is 4.49. The monoisotopic (exact) mass is 331 g/mol. The van der Waals surface area contributed by atoms with E-state index in [4.69, 9.17) is 14.2 Å². The number of hydrogen-bond donors (Lipinski definition) is 1. The first-order valence-corrected chi connectivity index (χ1v) is 6.86. The third-order valence-electron chi connectivity index (χ3n) is 2.54. The predicted octanol–water partition coefficient (Wildman–Crippen LogP) is 1.84. The number of rotatable bonds is 7. The van der Waals surface area contributed by atoms with Gasteiger partial charge in [-0.1, -0.05) is 15.9 Å². The molecular formula is C13H18BrNO4. The molecule has 19 heavy (non-hydrogen) atoms. The van der Waals surface area contributed by atoms with Crippen molar-refractivity contribution in [1.82, 2.24) is 5.32 Å². The highest BCUT2D eigenvalue weighted by atomic mass is 79.9. The summed E-state index contributed by atoms with van der Waals surface area (Å²) in [5, 5.41) is 3.47. The maximum absolute atomic E-state index is 12.2. The molecule has 0 bridgehead atoms. The Balaban J connectivity index is 2.90. The summed E-state index contributed by atoms with van der Waals surface area (Å²) in [6, 6.07) is 4.99. The Morgan fingerprint density at radius 3 is 2.58 bits per heavy atom. The van der Waals surface area contributed by atoms with Crippen LogP contribution in [0, 0.1) is 0 Å². The molecule has 0 heterocycles. The molecule has 1 amide bonds. The maximum atomic E-state index is 12.2. The topological polar surface area (TPSA) is 56.8 Å². The number of methoxy groups -OCH3 is 3. The minimum absolute atomic E-state index is 0.103. The highest BCUT2D eigenvalue weighted by Gasteiger charge is 2.17. The van der Waals surface area contributed by atoms with Gasteiger partial charge in [0.1, 0.15) is 11.5 Å². The van der Waals surface area contributed by atoms with E-state index in [9.17, 15) is 4.79 Å². The highest BCUT2D eigenvalue weighted by molar-refractivity contribution is 9.09. The molecule has 0 aliphatic rings. The second kappa shape index (κ2) is 8.01. The fourth-order valence-corrected chi connectivity index (χ4v) is 1.93. The molecule has 0 aliphatic carbocycles. The van der Waals surface area contributed by atoms with Crippen molar-refractivity contribution in [2.75, 3.05) is 33.3 Å². The van der Waals surface area contributed by atoms with E-state index >= 15 is 0 Å². The number of carbonyl (C=O) groups is 1. The summed E-state index contributed by atoms with van der Waals surface area (Å²) in [5.74, 6) is 0.884. The normalized spacial score (nSPS) is 11.8. The van der Waals surface area contributed by atoms with E-state index in [0.29, 0.717) is 29.0 Å². The second-order valence-electron chi connectivity index (χ2n) is 3.85. The smallest absolute Gasteiger partial charge is 0.255 e. The predicted molar refractivity (Wildman–Crippen MR) is 76.5 cm³/mol. The first-order valence-electron chi connectivity index (χ1n) is 5.74. The van der Waals surface area contributed by atoms with Crippen LogP contribution >= 0.6 is 15.9 Å². The molecule has 1 unspecified atom stereocenters. The van der Waals surface area contributed by atoms with E-state index in [1.54, 1.807) is 32.4 Å². The van der Waals surface area contributed by atoms with Crippen molar-refractivity contribution < 1.29 is 19.0 Å². The number of halogens is 1. The van der Waals surface area contributed by atoms with Crippen LogP contribution in [0.2, 0.25) is 0 Å². The Morgan fingerprint density at radius 1 is 1.32 bits per heavy atom. The Labute approximate surface area is 121 Å². The SMILES string of the molecule is COCC(CBr)NC(=O)c1cc(OC)ccc1OC. The van der Waals surface area contributed by atoms with Gasteiger partial charge >= 0.3 is 0 Å². The van der Waals surface area contributed by atoms with Gasteiger partial charge in [0.05, 0.1) is 32.4 Å². The van der Waals surface area contributed by atoms with Gasteiger partial charge in [0.25, 0.3) is 5.91 Å². The van der Waals surface area contributed by atoms with Gasteiger partial charge in [0.2, 0.25) is 0 Å². The molecule has 106 valence electrons. The third kappa shape index (κ3) is 4.40. The van der Waals surface area contributed by atoms with Crippen molar-refractivity contribution in [3.05, 3.63) is 23.8 Å². The first-order chi connectivity index (χ1) is 9.15. The summed E-state index contributed by atoms with van der Waals surface area (Å²) in [4.78, 5) is 12.2. The summed E-state index contributed by atoms with van der Waals surface area (Å²) in [5.41, 5.74) is 0.434. The molecule has 0 spiro atoms. The van der Waals surface area contributed by atoms with E-state index in [1.807, 2.05) is 0 Å². The molecule has 5 nitrogen and oxygen atoms in total. The van der Waals surface area contributed by atoms with Crippen LogP contribution < -0.4 is 14.8 Å². The minimum Gasteiger partial charge on any atom is -0.497 e. The van der Waals surface area contributed by atoms with Gasteiger partial charge in [-0.05, 0) is 18.2 Å². The van der Waals surface area contributed by atoms with Gasteiger partial charge in [-0.3, -0.25) is 4.79 Å². The van der Waals surface area contributed by atoms with Crippen LogP contribution in [-0.4, -0.2) is 45.2 Å². The molecule has 1 aromatic rings. The lowest BCUT2D eigenvalue weighted by Crippen LogP contribution is -2.39. The Bertz CT molecular complexity index is 425. The zero-order valence-corrected chi connectivity index (χ0v) is 12.8. The molecular weight excluding hydrogens is 314 g/mol. The largest absolute Gasteiger partial charge is 0.497 e. The van der Waals surface area contributed by atoms with E-state index in [1.165, 1.54) is 7.11 Å². The van der Waals surface area contributed by atoms with Crippen LogP contribution in [0.3, 0.4) is 0 Å². The molecule has 0 aliphatic heterocycles. The van der Waals surface area contributed by atoms with Crippen LogP contribution in [0.5, 0.6) is 11.5 Å². The molecule has 1 rings (SSSR count). The van der Waals surface area contributed by atoms with Crippen molar-refractivity contribution >= 4 is 21.8 Å². The highest BCUT2D eigenvalue weighted by Crippen LogP contribution is 2.23. The fourth-order valence-electron chi connectivity index (χ4n) is 1.58. The molecule has 1 N–H and O–H groups in total. The number of nitrogens with one attached hydrogen (secondary N) is 1. The van der Waals surface area contributed by atoms with E-state index < -0.39 is 0 Å². The van der Waals surface area contributed by atoms with Gasteiger partial charge in [0, 0.05) is 12.4 Å². The number of carbonyl (C=O) groups excluding carboxylic acids is 1. The van der Waals surface area contributed by atoms with Crippen LogP contribution in [0.15, 0.2) is 18.2 Å². The molecule has 0 saturated heterocycles. The lowest BCUT2D eigenvalue weighted by molar-refractivity contribution is 0.0904. The van der Waals surface area contributed by atoms with Crippen molar-refractivity contribution in [1.29, 1.82) is 0 Å². The lowest BCUT2D eigenvalue weighted by Gasteiger charge is -2.16. The zero-order chi connectivity index (χ0) is 14.3. The molecule has 6 heteroatoms. The molecule has 1 aromatic carbocycles. The van der Waals surface area contributed by atoms with Crippen LogP contribution in [-0.2, 0) is 4.74 Å². The third-order valence-corrected chi connectivity index (χ3v) is 3.32. The van der Waals surface area contributed by atoms with E-state index in [-0.39, 0.29) is 11.9 Å². The standard InChI is InChI=1S/C13H18BrNO4/c1-17-8-9(7-14)15-13(16)11-6-10(18-2)4-5-12(11)19-3/h4-6,9H,7-8H2,1-3H3,(H,15,16). The van der Waals surface area contributed by atoms with E-state index in [0.717, 1.165) is 0 Å². The minimum atomic E-state index is -0.225. The quantitative estimate of drug-likeness (QED) is 0.774. The van der Waals surface area contributed by atoms with Gasteiger partial charge < -0.3 is 19.5 Å². The number of amides is 1. The summed E-state index contributed by atoms with van der Waals surface area (Å²) >= 11 is 3.33. The van der Waals surface area contributed by atoms with Crippen molar-refractivity contribution in [2.45, 2.75) is 6.04 Å². The first kappa shape index (κ1) is 15.8. The summed E-state index contributed by atoms with van der Waals surface area (Å²) in [7, 11) is 4.67. The van der Waals surface area contributed by atoms with Crippen molar-refractivity contribution in [2.24, 2.45) is 0 Å². The number of benzene rings is 1. The number of hydrogen-bond acceptors (Lipinski definition) is 4. The Kier molecular flexibility index (Phi) is 6.66. The average Bonchev–Trinajstić information content (AvgIpc) is 2.45.